The molecule has 0 bridgehead atoms. The molecule has 1 fully saturated rings. The van der Waals surface area contributed by atoms with Crippen LogP contribution in [0.4, 0.5) is 0 Å². The molecule has 1 unspecified atom stereocenters. The van der Waals surface area contributed by atoms with Crippen LogP contribution in [0.15, 0.2) is 0 Å². The molecule has 1 aliphatic rings. The van der Waals surface area contributed by atoms with E-state index in [2.05, 4.69) is 26.1 Å². The van der Waals surface area contributed by atoms with Gasteiger partial charge in [0.25, 0.3) is 0 Å². The lowest BCUT2D eigenvalue weighted by atomic mass is 9.56. The Morgan fingerprint density at radius 2 is 2.00 bits per heavy atom. The van der Waals surface area contributed by atoms with Gasteiger partial charge in [-0.05, 0) is 24.8 Å². The summed E-state index contributed by atoms with van der Waals surface area (Å²) in [5.41, 5.74) is 6.41. The zero-order valence-electron chi connectivity index (χ0n) is 7.91. The molecule has 1 aliphatic carbocycles. The molecule has 2 heteroatoms. The van der Waals surface area contributed by atoms with Crippen molar-refractivity contribution in [2.75, 3.05) is 13.1 Å². The van der Waals surface area contributed by atoms with Gasteiger partial charge in [0.1, 0.15) is 0 Å². The highest BCUT2D eigenvalue weighted by Gasteiger charge is 2.51. The molecule has 1 saturated carbocycles. The zero-order valence-corrected chi connectivity index (χ0v) is 7.91. The van der Waals surface area contributed by atoms with Crippen LogP contribution in [-0.2, 0) is 0 Å². The summed E-state index contributed by atoms with van der Waals surface area (Å²) in [6.07, 6.45) is 2.54. The second kappa shape index (κ2) is 2.76. The van der Waals surface area contributed by atoms with E-state index in [0.717, 1.165) is 13.1 Å². The van der Waals surface area contributed by atoms with E-state index in [0.29, 0.717) is 5.41 Å². The highest BCUT2D eigenvalue weighted by Crippen LogP contribution is 2.48. The molecule has 0 amide bonds. The van der Waals surface area contributed by atoms with Crippen molar-refractivity contribution in [3.8, 4) is 0 Å². The van der Waals surface area contributed by atoms with Gasteiger partial charge in [-0.25, -0.2) is 0 Å². The molecule has 1 rings (SSSR count). The fourth-order valence-electron chi connectivity index (χ4n) is 2.04. The Labute approximate surface area is 69.5 Å². The van der Waals surface area contributed by atoms with Gasteiger partial charge in [0.05, 0.1) is 0 Å². The largest absolute Gasteiger partial charge is 0.329 e. The maximum absolute atomic E-state index is 5.77. The minimum atomic E-state index is 0.238. The van der Waals surface area contributed by atoms with E-state index in [-0.39, 0.29) is 5.54 Å². The number of nitrogens with two attached hydrogens (primary N) is 1. The van der Waals surface area contributed by atoms with Gasteiger partial charge in [0.2, 0.25) is 0 Å². The average molecular weight is 156 g/mol. The van der Waals surface area contributed by atoms with Crippen molar-refractivity contribution in [1.29, 1.82) is 0 Å². The van der Waals surface area contributed by atoms with Crippen LogP contribution in [0.2, 0.25) is 0 Å². The molecule has 66 valence electrons. The van der Waals surface area contributed by atoms with Gasteiger partial charge in [-0.1, -0.05) is 20.8 Å². The van der Waals surface area contributed by atoms with Crippen LogP contribution in [0.5, 0.6) is 0 Å². The molecule has 1 atom stereocenters. The molecule has 0 radical (unpaired) electrons. The molecule has 2 nitrogen and oxygen atoms in total. The van der Waals surface area contributed by atoms with Crippen LogP contribution >= 0.6 is 0 Å². The Balaban J connectivity index is 2.62. The van der Waals surface area contributed by atoms with E-state index in [1.165, 1.54) is 12.8 Å². The summed E-state index contributed by atoms with van der Waals surface area (Å²) < 4.78 is 0. The van der Waals surface area contributed by atoms with Crippen molar-refractivity contribution in [3.63, 3.8) is 0 Å². The molecule has 0 spiro atoms. The monoisotopic (exact) mass is 156 g/mol. The summed E-state index contributed by atoms with van der Waals surface area (Å²) in [5, 5.41) is 3.51. The first-order valence-corrected chi connectivity index (χ1v) is 4.53. The van der Waals surface area contributed by atoms with Gasteiger partial charge < -0.3 is 11.1 Å². The minimum Gasteiger partial charge on any atom is -0.329 e. The summed E-state index contributed by atoms with van der Waals surface area (Å²) >= 11 is 0. The Bertz CT molecular complexity index is 138. The topological polar surface area (TPSA) is 38.0 Å². The first-order valence-electron chi connectivity index (χ1n) is 4.53. The Morgan fingerprint density at radius 3 is 2.09 bits per heavy atom. The molecule has 0 aromatic heterocycles. The van der Waals surface area contributed by atoms with Gasteiger partial charge in [-0.3, -0.25) is 0 Å². The van der Waals surface area contributed by atoms with Crippen molar-refractivity contribution < 1.29 is 0 Å². The number of likely N-dealkylation sites (N-methyl/N-ethyl adjacent to an activating group) is 1. The fraction of sp³-hybridized carbons (Fsp3) is 1.00. The number of rotatable bonds is 3. The molecule has 0 aromatic carbocycles. The van der Waals surface area contributed by atoms with Gasteiger partial charge in [0.15, 0.2) is 0 Å². The lowest BCUT2D eigenvalue weighted by Gasteiger charge is -2.56. The van der Waals surface area contributed by atoms with Gasteiger partial charge in [-0.2, -0.15) is 0 Å². The van der Waals surface area contributed by atoms with Crippen molar-refractivity contribution in [2.45, 2.75) is 39.2 Å². The smallest absolute Gasteiger partial charge is 0.0355 e. The third-order valence-corrected chi connectivity index (χ3v) is 3.34. The Morgan fingerprint density at radius 1 is 1.36 bits per heavy atom. The highest BCUT2D eigenvalue weighted by molar-refractivity contribution is 5.09. The van der Waals surface area contributed by atoms with Crippen LogP contribution in [0.25, 0.3) is 0 Å². The van der Waals surface area contributed by atoms with E-state index < -0.39 is 0 Å². The van der Waals surface area contributed by atoms with Crippen LogP contribution in [-0.4, -0.2) is 18.6 Å². The predicted molar refractivity (Wildman–Crippen MR) is 48.5 cm³/mol. The summed E-state index contributed by atoms with van der Waals surface area (Å²) in [7, 11) is 0. The molecule has 3 N–H and O–H groups in total. The van der Waals surface area contributed by atoms with Crippen molar-refractivity contribution in [2.24, 2.45) is 11.1 Å². The van der Waals surface area contributed by atoms with Crippen LogP contribution in [0, 0.1) is 5.41 Å². The maximum atomic E-state index is 5.77. The molecular weight excluding hydrogens is 136 g/mol. The number of hydrogen-bond acceptors (Lipinski definition) is 2. The molecule has 0 saturated heterocycles. The lowest BCUT2D eigenvalue weighted by molar-refractivity contribution is 0.00878. The average Bonchev–Trinajstić information content (AvgIpc) is 1.98. The lowest BCUT2D eigenvalue weighted by Crippen LogP contribution is -2.67. The quantitative estimate of drug-likeness (QED) is 0.642. The first-order chi connectivity index (χ1) is 5.08. The Kier molecular flexibility index (Phi) is 2.26. The zero-order chi connectivity index (χ0) is 8.54. The number of nitrogens with one attached hydrogen (secondary N) is 1. The highest BCUT2D eigenvalue weighted by atomic mass is 15.0. The molecule has 0 aliphatic heterocycles. The van der Waals surface area contributed by atoms with Crippen molar-refractivity contribution >= 4 is 0 Å². The normalized spacial score (nSPS) is 34.9. The van der Waals surface area contributed by atoms with Crippen LogP contribution < -0.4 is 11.1 Å². The van der Waals surface area contributed by atoms with Crippen molar-refractivity contribution in [3.05, 3.63) is 0 Å². The summed E-state index contributed by atoms with van der Waals surface area (Å²) in [6, 6.07) is 0. The van der Waals surface area contributed by atoms with Gasteiger partial charge in [-0.15, -0.1) is 0 Å². The van der Waals surface area contributed by atoms with Crippen molar-refractivity contribution in [1.82, 2.24) is 5.32 Å². The summed E-state index contributed by atoms with van der Waals surface area (Å²) in [6.45, 7) is 8.54. The van der Waals surface area contributed by atoms with Gasteiger partial charge >= 0.3 is 0 Å². The molecule has 0 heterocycles. The maximum Gasteiger partial charge on any atom is 0.0355 e. The predicted octanol–water partition coefficient (Wildman–Crippen LogP) is 1.11. The summed E-state index contributed by atoms with van der Waals surface area (Å²) in [4.78, 5) is 0. The van der Waals surface area contributed by atoms with E-state index >= 15 is 0 Å². The van der Waals surface area contributed by atoms with Gasteiger partial charge in [0, 0.05) is 12.1 Å². The van der Waals surface area contributed by atoms with Crippen LogP contribution in [0.1, 0.15) is 33.6 Å². The molecule has 11 heavy (non-hydrogen) atoms. The Hall–Kier alpha value is -0.0800. The van der Waals surface area contributed by atoms with E-state index in [1.807, 2.05) is 0 Å². The fourth-order valence-corrected chi connectivity index (χ4v) is 2.04. The van der Waals surface area contributed by atoms with Crippen LogP contribution in [0.3, 0.4) is 0 Å². The first kappa shape index (κ1) is 9.01. The van der Waals surface area contributed by atoms with E-state index in [9.17, 15) is 0 Å². The summed E-state index contributed by atoms with van der Waals surface area (Å²) in [5.74, 6) is 0. The standard InChI is InChI=1S/C9H20N2/c1-4-11-9(7-10)6-5-8(9,2)3/h11H,4-7,10H2,1-3H3. The third kappa shape index (κ3) is 1.18. The second-order valence-electron chi connectivity index (χ2n) is 4.20. The minimum absolute atomic E-state index is 0.238. The van der Waals surface area contributed by atoms with E-state index in [1.54, 1.807) is 0 Å². The molecule has 0 aromatic rings. The SMILES string of the molecule is CCNC1(CN)CCC1(C)C. The third-order valence-electron chi connectivity index (χ3n) is 3.34. The second-order valence-corrected chi connectivity index (χ2v) is 4.20. The van der Waals surface area contributed by atoms with E-state index in [4.69, 9.17) is 5.73 Å². The molecular formula is C9H20N2. The number of hydrogen-bond donors (Lipinski definition) is 2.